The Kier molecular flexibility index (Phi) is 3.95. The van der Waals surface area contributed by atoms with Crippen LogP contribution in [-0.2, 0) is 0 Å². The zero-order valence-electron chi connectivity index (χ0n) is 11.3. The van der Waals surface area contributed by atoms with Crippen LogP contribution in [0.2, 0.25) is 0 Å². The Morgan fingerprint density at radius 3 is 2.89 bits per heavy atom. The van der Waals surface area contributed by atoms with Crippen LogP contribution in [0.5, 0.6) is 11.5 Å². The summed E-state index contributed by atoms with van der Waals surface area (Å²) in [5.41, 5.74) is 5.95. The monoisotopic (exact) mass is 264 g/mol. The van der Waals surface area contributed by atoms with Crippen molar-refractivity contribution in [3.63, 3.8) is 0 Å². The largest absolute Gasteiger partial charge is 0.507 e. The van der Waals surface area contributed by atoms with E-state index in [1.165, 1.54) is 13.2 Å². The summed E-state index contributed by atoms with van der Waals surface area (Å²) >= 11 is 0. The maximum Gasteiger partial charge on any atom is 0.257 e. The van der Waals surface area contributed by atoms with E-state index in [4.69, 9.17) is 10.5 Å². The number of hydrogen-bond acceptors (Lipinski definition) is 4. The highest BCUT2D eigenvalue weighted by atomic mass is 16.5. The normalized spacial score (nSPS) is 22.6. The zero-order chi connectivity index (χ0) is 14.0. The molecule has 5 heteroatoms. The second kappa shape index (κ2) is 5.48. The third-order valence-corrected chi connectivity index (χ3v) is 3.69. The van der Waals surface area contributed by atoms with Gasteiger partial charge in [-0.2, -0.15) is 0 Å². The Labute approximate surface area is 113 Å². The molecule has 104 valence electrons. The predicted molar refractivity (Wildman–Crippen MR) is 72.3 cm³/mol. The van der Waals surface area contributed by atoms with Crippen molar-refractivity contribution in [1.29, 1.82) is 0 Å². The summed E-state index contributed by atoms with van der Waals surface area (Å²) in [6, 6.07) is 4.82. The Morgan fingerprint density at radius 1 is 1.58 bits per heavy atom. The first-order valence-electron chi connectivity index (χ1n) is 6.44. The highest BCUT2D eigenvalue weighted by Gasteiger charge is 2.33. The second-order valence-corrected chi connectivity index (χ2v) is 5.03. The minimum absolute atomic E-state index is 0.0193. The maximum absolute atomic E-state index is 12.5. The lowest BCUT2D eigenvalue weighted by Gasteiger charge is -2.22. The van der Waals surface area contributed by atoms with E-state index in [0.717, 1.165) is 6.42 Å². The number of likely N-dealkylation sites (tertiary alicyclic amines) is 1. The third-order valence-electron chi connectivity index (χ3n) is 3.69. The van der Waals surface area contributed by atoms with Gasteiger partial charge in [0.15, 0.2) is 0 Å². The molecule has 2 atom stereocenters. The smallest absolute Gasteiger partial charge is 0.257 e. The number of ether oxygens (including phenoxy) is 1. The van der Waals surface area contributed by atoms with Crippen molar-refractivity contribution < 1.29 is 14.6 Å². The van der Waals surface area contributed by atoms with Gasteiger partial charge in [0.05, 0.1) is 12.7 Å². The Hall–Kier alpha value is -1.75. The topological polar surface area (TPSA) is 75.8 Å². The van der Waals surface area contributed by atoms with Crippen LogP contribution < -0.4 is 10.5 Å². The molecule has 0 aliphatic carbocycles. The molecule has 19 heavy (non-hydrogen) atoms. The van der Waals surface area contributed by atoms with E-state index < -0.39 is 0 Å². The molecule has 1 heterocycles. The van der Waals surface area contributed by atoms with Gasteiger partial charge in [0.1, 0.15) is 11.5 Å². The number of carbonyl (C=O) groups excluding carboxylic acids is 1. The van der Waals surface area contributed by atoms with E-state index in [0.29, 0.717) is 24.8 Å². The third kappa shape index (κ3) is 2.66. The summed E-state index contributed by atoms with van der Waals surface area (Å²) in [4.78, 5) is 14.2. The number of rotatable bonds is 3. The van der Waals surface area contributed by atoms with Gasteiger partial charge in [-0.15, -0.1) is 0 Å². The number of nitrogens with two attached hydrogens (primary N) is 1. The fourth-order valence-corrected chi connectivity index (χ4v) is 2.56. The van der Waals surface area contributed by atoms with Gasteiger partial charge in [-0.25, -0.2) is 0 Å². The number of carbonyl (C=O) groups is 1. The van der Waals surface area contributed by atoms with Gasteiger partial charge in [0.25, 0.3) is 5.91 Å². The van der Waals surface area contributed by atoms with Gasteiger partial charge in [-0.3, -0.25) is 4.79 Å². The fourth-order valence-electron chi connectivity index (χ4n) is 2.56. The number of nitrogens with zero attached hydrogens (tertiary/aromatic N) is 1. The minimum Gasteiger partial charge on any atom is -0.507 e. The molecule has 1 saturated heterocycles. The van der Waals surface area contributed by atoms with Gasteiger partial charge in [-0.05, 0) is 44.0 Å². The molecule has 0 spiro atoms. The second-order valence-electron chi connectivity index (χ2n) is 5.03. The number of phenolic OH excluding ortho intramolecular Hbond substituents is 1. The van der Waals surface area contributed by atoms with Crippen LogP contribution in [0.15, 0.2) is 18.2 Å². The predicted octanol–water partition coefficient (Wildman–Crippen LogP) is 1.21. The van der Waals surface area contributed by atoms with Crippen LogP contribution in [0.3, 0.4) is 0 Å². The number of amides is 1. The summed E-state index contributed by atoms with van der Waals surface area (Å²) in [7, 11) is 1.53. The molecule has 5 nitrogen and oxygen atoms in total. The lowest BCUT2D eigenvalue weighted by atomic mass is 10.1. The average Bonchev–Trinajstić information content (AvgIpc) is 2.80. The number of benzene rings is 1. The van der Waals surface area contributed by atoms with Crippen molar-refractivity contribution in [2.75, 3.05) is 20.2 Å². The van der Waals surface area contributed by atoms with Gasteiger partial charge >= 0.3 is 0 Å². The molecule has 1 aliphatic heterocycles. The molecule has 1 aromatic rings. The number of phenols is 1. The maximum atomic E-state index is 12.5. The standard InChI is InChI=1S/C14H20N2O3/c1-9-5-10(7-15)8-16(9)14(18)12-6-11(19-2)3-4-13(12)17/h3-4,6,9-10,17H,5,7-8,15H2,1-2H3. The molecule has 0 radical (unpaired) electrons. The van der Waals surface area contributed by atoms with Crippen LogP contribution in [0.1, 0.15) is 23.7 Å². The summed E-state index contributed by atoms with van der Waals surface area (Å²) < 4.78 is 5.09. The highest BCUT2D eigenvalue weighted by Crippen LogP contribution is 2.29. The number of hydrogen-bond donors (Lipinski definition) is 2. The Morgan fingerprint density at radius 2 is 2.32 bits per heavy atom. The molecule has 1 aliphatic rings. The quantitative estimate of drug-likeness (QED) is 0.860. The van der Waals surface area contributed by atoms with Crippen LogP contribution in [0.4, 0.5) is 0 Å². The lowest BCUT2D eigenvalue weighted by molar-refractivity contribution is 0.0740. The van der Waals surface area contributed by atoms with Crippen LogP contribution in [0.25, 0.3) is 0 Å². The molecule has 1 aromatic carbocycles. The summed E-state index contributed by atoms with van der Waals surface area (Å²) in [6.45, 7) is 3.23. The molecule has 0 bridgehead atoms. The van der Waals surface area contributed by atoms with E-state index in [-0.39, 0.29) is 23.3 Å². The van der Waals surface area contributed by atoms with Gasteiger partial charge in [-0.1, -0.05) is 0 Å². The first-order chi connectivity index (χ1) is 9.06. The lowest BCUT2D eigenvalue weighted by Crippen LogP contribution is -2.34. The fraction of sp³-hybridized carbons (Fsp3) is 0.500. The molecular weight excluding hydrogens is 244 g/mol. The zero-order valence-corrected chi connectivity index (χ0v) is 11.3. The molecule has 2 unspecified atom stereocenters. The SMILES string of the molecule is COc1ccc(O)c(C(=O)N2CC(CN)CC2C)c1. The van der Waals surface area contributed by atoms with Crippen LogP contribution >= 0.6 is 0 Å². The molecule has 2 rings (SSSR count). The van der Waals surface area contributed by atoms with Crippen LogP contribution in [-0.4, -0.2) is 42.2 Å². The first-order valence-corrected chi connectivity index (χ1v) is 6.44. The van der Waals surface area contributed by atoms with Crippen molar-refractivity contribution in [1.82, 2.24) is 4.90 Å². The highest BCUT2D eigenvalue weighted by molar-refractivity contribution is 5.97. The van der Waals surface area contributed by atoms with Gasteiger partial charge in [0.2, 0.25) is 0 Å². The summed E-state index contributed by atoms with van der Waals surface area (Å²) in [5.74, 6) is 0.712. The Bertz CT molecular complexity index is 476. The number of aromatic hydroxyl groups is 1. The van der Waals surface area contributed by atoms with E-state index in [9.17, 15) is 9.90 Å². The molecule has 1 fully saturated rings. The van der Waals surface area contributed by atoms with Gasteiger partial charge in [0, 0.05) is 12.6 Å². The Balaban J connectivity index is 2.24. The average molecular weight is 264 g/mol. The van der Waals surface area contributed by atoms with Crippen molar-refractivity contribution in [3.05, 3.63) is 23.8 Å². The van der Waals surface area contributed by atoms with E-state index in [2.05, 4.69) is 0 Å². The van der Waals surface area contributed by atoms with Gasteiger partial charge < -0.3 is 20.5 Å². The molecule has 3 N–H and O–H groups in total. The molecule has 0 saturated carbocycles. The van der Waals surface area contributed by atoms with Crippen molar-refractivity contribution in [2.24, 2.45) is 11.7 Å². The minimum atomic E-state index is -0.167. The van der Waals surface area contributed by atoms with Crippen molar-refractivity contribution >= 4 is 5.91 Å². The van der Waals surface area contributed by atoms with Crippen molar-refractivity contribution in [3.8, 4) is 11.5 Å². The summed E-state index contributed by atoms with van der Waals surface area (Å²) in [6.07, 6.45) is 0.910. The van der Waals surface area contributed by atoms with E-state index in [1.807, 2.05) is 6.92 Å². The first kappa shape index (κ1) is 13.7. The van der Waals surface area contributed by atoms with E-state index >= 15 is 0 Å². The van der Waals surface area contributed by atoms with Crippen molar-refractivity contribution in [2.45, 2.75) is 19.4 Å². The summed E-state index contributed by atoms with van der Waals surface area (Å²) in [5, 5.41) is 9.84. The molecule has 1 amide bonds. The molecular formula is C14H20N2O3. The van der Waals surface area contributed by atoms with E-state index in [1.54, 1.807) is 17.0 Å². The molecule has 0 aromatic heterocycles. The number of methoxy groups -OCH3 is 1. The van der Waals surface area contributed by atoms with Crippen LogP contribution in [0, 0.1) is 5.92 Å².